The number of nitrogens with one attached hydrogen (secondary N) is 1. The molecule has 1 aromatic carbocycles. The van der Waals surface area contributed by atoms with Crippen molar-refractivity contribution in [1.82, 2.24) is 4.90 Å². The molecule has 0 bridgehead atoms. The molecule has 2 unspecified atom stereocenters. The number of carbonyl (C=O) groups is 1. The molecule has 1 aromatic rings. The molecule has 0 spiro atoms. The van der Waals surface area contributed by atoms with E-state index in [1.807, 2.05) is 20.8 Å². The van der Waals surface area contributed by atoms with Gasteiger partial charge in [-0.1, -0.05) is 6.07 Å². The van der Waals surface area contributed by atoms with Gasteiger partial charge in [0.1, 0.15) is 5.82 Å². The van der Waals surface area contributed by atoms with E-state index in [-0.39, 0.29) is 23.9 Å². The second-order valence-corrected chi connectivity index (χ2v) is 5.46. The van der Waals surface area contributed by atoms with Gasteiger partial charge in [0.15, 0.2) is 0 Å². The number of rotatable bonds is 3. The van der Waals surface area contributed by atoms with Gasteiger partial charge in [-0.25, -0.2) is 4.39 Å². The molecule has 2 atom stereocenters. The number of anilines is 1. The third kappa shape index (κ3) is 4.02. The van der Waals surface area contributed by atoms with Crippen LogP contribution in [0.4, 0.5) is 10.1 Å². The molecule has 1 fully saturated rings. The van der Waals surface area contributed by atoms with E-state index < -0.39 is 0 Å². The lowest BCUT2D eigenvalue weighted by Crippen LogP contribution is -2.48. The van der Waals surface area contributed by atoms with E-state index in [0.717, 1.165) is 18.7 Å². The van der Waals surface area contributed by atoms with E-state index in [1.165, 1.54) is 12.1 Å². The van der Waals surface area contributed by atoms with Crippen molar-refractivity contribution in [3.8, 4) is 0 Å². The predicted octanol–water partition coefficient (Wildman–Crippen LogP) is 2.18. The third-order valence-electron chi connectivity index (χ3n) is 3.34. The Morgan fingerprint density at radius 3 is 2.70 bits per heavy atom. The maximum Gasteiger partial charge on any atom is 0.238 e. The van der Waals surface area contributed by atoms with Crippen LogP contribution in [-0.4, -0.2) is 42.6 Å². The van der Waals surface area contributed by atoms with Crippen molar-refractivity contribution < 1.29 is 13.9 Å². The second kappa shape index (κ2) is 6.33. The monoisotopic (exact) mass is 280 g/mol. The average molecular weight is 280 g/mol. The second-order valence-electron chi connectivity index (χ2n) is 5.46. The molecule has 1 N–H and O–H groups in total. The standard InChI is InChI=1S/C15H21FN2O2/c1-10-4-5-13(16)6-14(10)17-15(19)9-18-7-11(2)20-12(3)8-18/h4-6,11-12H,7-9H2,1-3H3,(H,17,19). The van der Waals surface area contributed by atoms with Gasteiger partial charge in [0.2, 0.25) is 5.91 Å². The summed E-state index contributed by atoms with van der Waals surface area (Å²) in [6, 6.07) is 4.39. The van der Waals surface area contributed by atoms with Crippen LogP contribution >= 0.6 is 0 Å². The molecule has 110 valence electrons. The first-order chi connectivity index (χ1) is 9.44. The van der Waals surface area contributed by atoms with Crippen LogP contribution in [0.5, 0.6) is 0 Å². The zero-order chi connectivity index (χ0) is 14.7. The SMILES string of the molecule is Cc1ccc(F)cc1NC(=O)CN1CC(C)OC(C)C1. The molecule has 2 rings (SSSR count). The summed E-state index contributed by atoms with van der Waals surface area (Å²) in [5.74, 6) is -0.473. The lowest BCUT2D eigenvalue weighted by atomic mass is 10.2. The number of hydrogen-bond acceptors (Lipinski definition) is 3. The van der Waals surface area contributed by atoms with Crippen molar-refractivity contribution in [2.24, 2.45) is 0 Å². The fourth-order valence-corrected chi connectivity index (χ4v) is 2.54. The van der Waals surface area contributed by atoms with Crippen molar-refractivity contribution in [3.05, 3.63) is 29.6 Å². The van der Waals surface area contributed by atoms with Crippen molar-refractivity contribution >= 4 is 11.6 Å². The van der Waals surface area contributed by atoms with E-state index in [1.54, 1.807) is 6.07 Å². The van der Waals surface area contributed by atoms with Crippen molar-refractivity contribution in [2.75, 3.05) is 25.0 Å². The number of hydrogen-bond donors (Lipinski definition) is 1. The first-order valence-corrected chi connectivity index (χ1v) is 6.88. The number of carbonyl (C=O) groups excluding carboxylic acids is 1. The Morgan fingerprint density at radius 1 is 1.40 bits per heavy atom. The zero-order valence-electron chi connectivity index (χ0n) is 12.1. The minimum absolute atomic E-state index is 0.125. The number of benzene rings is 1. The van der Waals surface area contributed by atoms with Crippen LogP contribution < -0.4 is 5.32 Å². The van der Waals surface area contributed by atoms with Crippen LogP contribution in [0.2, 0.25) is 0 Å². The topological polar surface area (TPSA) is 41.6 Å². The average Bonchev–Trinajstić information content (AvgIpc) is 2.32. The highest BCUT2D eigenvalue weighted by molar-refractivity contribution is 5.92. The van der Waals surface area contributed by atoms with Crippen molar-refractivity contribution in [1.29, 1.82) is 0 Å². The van der Waals surface area contributed by atoms with Gasteiger partial charge in [-0.15, -0.1) is 0 Å². The minimum Gasteiger partial charge on any atom is -0.373 e. The van der Waals surface area contributed by atoms with Gasteiger partial charge in [0.05, 0.1) is 18.8 Å². The van der Waals surface area contributed by atoms with Gasteiger partial charge >= 0.3 is 0 Å². The largest absolute Gasteiger partial charge is 0.373 e. The van der Waals surface area contributed by atoms with Crippen LogP contribution in [0.1, 0.15) is 19.4 Å². The molecular formula is C15H21FN2O2. The molecule has 1 amide bonds. The number of halogens is 1. The molecular weight excluding hydrogens is 259 g/mol. The first kappa shape index (κ1) is 14.9. The summed E-state index contributed by atoms with van der Waals surface area (Å²) in [5.41, 5.74) is 1.38. The normalized spacial score (nSPS) is 23.6. The number of nitrogens with zero attached hydrogens (tertiary/aromatic N) is 1. The molecule has 1 aliphatic rings. The quantitative estimate of drug-likeness (QED) is 0.922. The van der Waals surface area contributed by atoms with Crippen LogP contribution in [0.25, 0.3) is 0 Å². The fraction of sp³-hybridized carbons (Fsp3) is 0.533. The molecule has 20 heavy (non-hydrogen) atoms. The van der Waals surface area contributed by atoms with Crippen LogP contribution in [0, 0.1) is 12.7 Å². The summed E-state index contributed by atoms with van der Waals surface area (Å²) in [7, 11) is 0. The zero-order valence-corrected chi connectivity index (χ0v) is 12.1. The van der Waals surface area contributed by atoms with Gasteiger partial charge in [0, 0.05) is 18.8 Å². The third-order valence-corrected chi connectivity index (χ3v) is 3.34. The van der Waals surface area contributed by atoms with E-state index in [4.69, 9.17) is 4.74 Å². The van der Waals surface area contributed by atoms with Gasteiger partial charge in [0.25, 0.3) is 0 Å². The van der Waals surface area contributed by atoms with Gasteiger partial charge in [-0.2, -0.15) is 0 Å². The summed E-state index contributed by atoms with van der Waals surface area (Å²) < 4.78 is 18.8. The molecule has 4 nitrogen and oxygen atoms in total. The maximum absolute atomic E-state index is 13.2. The lowest BCUT2D eigenvalue weighted by molar-refractivity contribution is -0.121. The lowest BCUT2D eigenvalue weighted by Gasteiger charge is -2.34. The Labute approximate surface area is 118 Å². The molecule has 0 aliphatic carbocycles. The summed E-state index contributed by atoms with van der Waals surface area (Å²) >= 11 is 0. The number of morpholine rings is 1. The molecule has 1 saturated heterocycles. The Kier molecular flexibility index (Phi) is 4.73. The Bertz CT molecular complexity index is 483. The van der Waals surface area contributed by atoms with Crippen LogP contribution in [-0.2, 0) is 9.53 Å². The summed E-state index contributed by atoms with van der Waals surface area (Å²) in [6.07, 6.45) is 0.255. The highest BCUT2D eigenvalue weighted by Gasteiger charge is 2.23. The smallest absolute Gasteiger partial charge is 0.238 e. The Balaban J connectivity index is 1.93. The van der Waals surface area contributed by atoms with Crippen LogP contribution in [0.15, 0.2) is 18.2 Å². The summed E-state index contributed by atoms with van der Waals surface area (Å²) in [5, 5.41) is 2.77. The highest BCUT2D eigenvalue weighted by atomic mass is 19.1. The molecule has 5 heteroatoms. The van der Waals surface area contributed by atoms with Gasteiger partial charge in [-0.05, 0) is 38.5 Å². The number of aryl methyl sites for hydroxylation is 1. The fourth-order valence-electron chi connectivity index (χ4n) is 2.54. The predicted molar refractivity (Wildman–Crippen MR) is 76.2 cm³/mol. The maximum atomic E-state index is 13.2. The van der Waals surface area contributed by atoms with E-state index in [2.05, 4.69) is 10.2 Å². The Hall–Kier alpha value is -1.46. The minimum atomic E-state index is -0.348. The van der Waals surface area contributed by atoms with Gasteiger partial charge in [-0.3, -0.25) is 9.69 Å². The highest BCUT2D eigenvalue weighted by Crippen LogP contribution is 2.16. The molecule has 1 aliphatic heterocycles. The Morgan fingerprint density at radius 2 is 2.05 bits per heavy atom. The summed E-state index contributed by atoms with van der Waals surface area (Å²) in [4.78, 5) is 14.1. The number of amides is 1. The van der Waals surface area contributed by atoms with Crippen molar-refractivity contribution in [3.63, 3.8) is 0 Å². The van der Waals surface area contributed by atoms with E-state index >= 15 is 0 Å². The van der Waals surface area contributed by atoms with E-state index in [0.29, 0.717) is 12.2 Å². The van der Waals surface area contributed by atoms with Gasteiger partial charge < -0.3 is 10.1 Å². The first-order valence-electron chi connectivity index (χ1n) is 6.88. The molecule has 0 saturated carbocycles. The molecule has 1 heterocycles. The number of ether oxygens (including phenoxy) is 1. The summed E-state index contributed by atoms with van der Waals surface area (Å²) in [6.45, 7) is 7.61. The molecule has 0 radical (unpaired) electrons. The van der Waals surface area contributed by atoms with Crippen molar-refractivity contribution in [2.45, 2.75) is 33.0 Å². The van der Waals surface area contributed by atoms with Crippen LogP contribution in [0.3, 0.4) is 0 Å². The molecule has 0 aromatic heterocycles. The van der Waals surface area contributed by atoms with E-state index in [9.17, 15) is 9.18 Å².